The third-order valence-electron chi connectivity index (χ3n) is 2.05. The summed E-state index contributed by atoms with van der Waals surface area (Å²) >= 11 is 4.79. The van der Waals surface area contributed by atoms with Gasteiger partial charge in [0.25, 0.3) is 0 Å². The summed E-state index contributed by atoms with van der Waals surface area (Å²) in [6, 6.07) is 0. The molecule has 0 saturated heterocycles. The Morgan fingerprint density at radius 3 is 2.10 bits per heavy atom. The summed E-state index contributed by atoms with van der Waals surface area (Å²) in [5, 5.41) is -3.12. The Morgan fingerprint density at radius 2 is 2.00 bits per heavy atom. The fourth-order valence-corrected chi connectivity index (χ4v) is 1.33. The van der Waals surface area contributed by atoms with Crippen molar-refractivity contribution < 1.29 is 8.78 Å². The lowest BCUT2D eigenvalue weighted by Crippen LogP contribution is -2.29. The first-order valence-corrected chi connectivity index (χ1v) is 3.59. The molecule has 0 heterocycles. The molecule has 1 aliphatic carbocycles. The maximum atomic E-state index is 12.3. The van der Waals surface area contributed by atoms with E-state index >= 15 is 0 Å². The lowest BCUT2D eigenvalue weighted by atomic mass is 9.77. The van der Waals surface area contributed by atoms with E-state index in [4.69, 9.17) is 11.6 Å². The van der Waals surface area contributed by atoms with Crippen LogP contribution in [0.1, 0.15) is 13.8 Å². The van der Waals surface area contributed by atoms with Gasteiger partial charge in [0.1, 0.15) is 0 Å². The fourth-order valence-electron chi connectivity index (χ4n) is 1.10. The summed E-state index contributed by atoms with van der Waals surface area (Å²) in [7, 11) is 0. The van der Waals surface area contributed by atoms with E-state index in [1.807, 2.05) is 6.92 Å². The quantitative estimate of drug-likeness (QED) is 0.415. The van der Waals surface area contributed by atoms with Crippen molar-refractivity contribution in [2.45, 2.75) is 19.2 Å². The van der Waals surface area contributed by atoms with Crippen molar-refractivity contribution in [1.82, 2.24) is 0 Å². The van der Waals surface area contributed by atoms with E-state index in [0.717, 1.165) is 0 Å². The Labute approximate surface area is 63.9 Å². The highest BCUT2D eigenvalue weighted by molar-refractivity contribution is 6.23. The molecule has 0 radical (unpaired) electrons. The Bertz CT molecular complexity index is 169. The average Bonchev–Trinajstić information content (AvgIpc) is 1.79. The van der Waals surface area contributed by atoms with Crippen LogP contribution in [0.5, 0.6) is 0 Å². The molecule has 0 aromatic carbocycles. The highest BCUT2D eigenvalue weighted by Gasteiger charge is 2.41. The standard InChI is InChI=1S/C7H9ClF2/c1-4-3-6(5(4)2)7(8,9)10/h3-5H,1-2H3/t4-,5-/m1/s1. The minimum atomic E-state index is -3.12. The van der Waals surface area contributed by atoms with E-state index in [1.54, 1.807) is 6.92 Å². The predicted octanol–water partition coefficient (Wildman–Crippen LogP) is 3.03. The molecule has 0 aliphatic heterocycles. The molecule has 0 spiro atoms. The molecule has 1 rings (SSSR count). The van der Waals surface area contributed by atoms with Crippen molar-refractivity contribution >= 4 is 11.6 Å². The zero-order valence-electron chi connectivity index (χ0n) is 5.87. The zero-order valence-corrected chi connectivity index (χ0v) is 6.62. The highest BCUT2D eigenvalue weighted by Crippen LogP contribution is 2.44. The van der Waals surface area contributed by atoms with Gasteiger partial charge in [-0.2, -0.15) is 8.78 Å². The van der Waals surface area contributed by atoms with Crippen molar-refractivity contribution in [1.29, 1.82) is 0 Å². The predicted molar refractivity (Wildman–Crippen MR) is 37.2 cm³/mol. The van der Waals surface area contributed by atoms with E-state index in [1.165, 1.54) is 6.08 Å². The van der Waals surface area contributed by atoms with Gasteiger partial charge in [-0.25, -0.2) is 0 Å². The lowest BCUT2D eigenvalue weighted by molar-refractivity contribution is 0.110. The van der Waals surface area contributed by atoms with Crippen LogP contribution in [0.4, 0.5) is 8.78 Å². The van der Waals surface area contributed by atoms with Gasteiger partial charge in [0.2, 0.25) is 0 Å². The Kier molecular flexibility index (Phi) is 1.75. The molecule has 3 heteroatoms. The lowest BCUT2D eigenvalue weighted by Gasteiger charge is -2.32. The first-order valence-electron chi connectivity index (χ1n) is 3.22. The molecule has 0 aromatic rings. The third-order valence-corrected chi connectivity index (χ3v) is 2.27. The van der Waals surface area contributed by atoms with Crippen LogP contribution in [-0.2, 0) is 0 Å². The summed E-state index contributed by atoms with van der Waals surface area (Å²) in [5.41, 5.74) is 0.0710. The molecule has 0 fully saturated rings. The fraction of sp³-hybridized carbons (Fsp3) is 0.714. The molecule has 1 aliphatic rings. The van der Waals surface area contributed by atoms with E-state index in [-0.39, 0.29) is 17.4 Å². The van der Waals surface area contributed by atoms with Crippen LogP contribution in [0.2, 0.25) is 0 Å². The molecular weight excluding hydrogens is 158 g/mol. The number of allylic oxidation sites excluding steroid dienone is 2. The molecule has 10 heavy (non-hydrogen) atoms. The summed E-state index contributed by atoms with van der Waals surface area (Å²) in [5.74, 6) is 0.187. The van der Waals surface area contributed by atoms with Crippen LogP contribution in [0.15, 0.2) is 11.6 Å². The molecular formula is C7H9ClF2. The minimum Gasteiger partial charge on any atom is -0.184 e. The van der Waals surface area contributed by atoms with Gasteiger partial charge < -0.3 is 0 Å². The van der Waals surface area contributed by atoms with Crippen LogP contribution in [-0.4, -0.2) is 5.38 Å². The van der Waals surface area contributed by atoms with Crippen LogP contribution in [0, 0.1) is 11.8 Å². The van der Waals surface area contributed by atoms with Crippen LogP contribution in [0.25, 0.3) is 0 Å². The number of halogens is 3. The molecule has 0 unspecified atom stereocenters. The maximum Gasteiger partial charge on any atom is 0.344 e. The first kappa shape index (κ1) is 7.99. The average molecular weight is 167 g/mol. The molecule has 0 nitrogen and oxygen atoms in total. The monoisotopic (exact) mass is 166 g/mol. The highest BCUT2D eigenvalue weighted by atomic mass is 35.5. The molecule has 58 valence electrons. The van der Waals surface area contributed by atoms with Crippen molar-refractivity contribution in [3.05, 3.63) is 11.6 Å². The largest absolute Gasteiger partial charge is 0.344 e. The summed E-state index contributed by atoms with van der Waals surface area (Å²) < 4.78 is 24.6. The van der Waals surface area contributed by atoms with Crippen molar-refractivity contribution in [2.75, 3.05) is 0 Å². The van der Waals surface area contributed by atoms with E-state index < -0.39 is 5.38 Å². The van der Waals surface area contributed by atoms with Crippen molar-refractivity contribution in [2.24, 2.45) is 11.8 Å². The molecule has 0 amide bonds. The van der Waals surface area contributed by atoms with Gasteiger partial charge in [0.05, 0.1) is 0 Å². The van der Waals surface area contributed by atoms with Crippen molar-refractivity contribution in [3.63, 3.8) is 0 Å². The number of alkyl halides is 3. The molecule has 0 saturated carbocycles. The maximum absolute atomic E-state index is 12.3. The van der Waals surface area contributed by atoms with Gasteiger partial charge in [-0.15, -0.1) is 0 Å². The van der Waals surface area contributed by atoms with Gasteiger partial charge in [-0.05, 0) is 23.4 Å². The second-order valence-corrected chi connectivity index (χ2v) is 3.24. The van der Waals surface area contributed by atoms with Gasteiger partial charge in [0, 0.05) is 5.57 Å². The zero-order chi connectivity index (χ0) is 7.94. The second kappa shape index (κ2) is 2.19. The second-order valence-electron chi connectivity index (χ2n) is 2.77. The third kappa shape index (κ3) is 1.17. The van der Waals surface area contributed by atoms with Gasteiger partial charge in [-0.1, -0.05) is 19.9 Å². The van der Waals surface area contributed by atoms with E-state index in [9.17, 15) is 8.78 Å². The van der Waals surface area contributed by atoms with E-state index in [0.29, 0.717) is 0 Å². The van der Waals surface area contributed by atoms with Gasteiger partial charge in [0.15, 0.2) is 0 Å². The Hall–Kier alpha value is -0.110. The number of hydrogen-bond acceptors (Lipinski definition) is 0. The van der Waals surface area contributed by atoms with Crippen LogP contribution >= 0.6 is 11.6 Å². The number of rotatable bonds is 1. The SMILES string of the molecule is C[C@@H]1C=C(C(F)(F)Cl)[C@@H]1C. The molecule has 0 N–H and O–H groups in total. The van der Waals surface area contributed by atoms with Crippen LogP contribution in [0.3, 0.4) is 0 Å². The van der Waals surface area contributed by atoms with E-state index in [2.05, 4.69) is 0 Å². The van der Waals surface area contributed by atoms with Crippen molar-refractivity contribution in [3.8, 4) is 0 Å². The van der Waals surface area contributed by atoms with Crippen LogP contribution < -0.4 is 0 Å². The van der Waals surface area contributed by atoms with Gasteiger partial charge in [-0.3, -0.25) is 0 Å². The molecule has 0 aromatic heterocycles. The summed E-state index contributed by atoms with van der Waals surface area (Å²) in [4.78, 5) is 0. The van der Waals surface area contributed by atoms with Gasteiger partial charge >= 0.3 is 5.38 Å². The Balaban J connectivity index is 2.71. The smallest absolute Gasteiger partial charge is 0.184 e. The first-order chi connectivity index (χ1) is 4.43. The molecule has 0 bridgehead atoms. The topological polar surface area (TPSA) is 0 Å². The Morgan fingerprint density at radius 1 is 1.50 bits per heavy atom. The normalized spacial score (nSPS) is 33.1. The summed E-state index contributed by atoms with van der Waals surface area (Å²) in [6.07, 6.45) is 1.53. The molecule has 2 atom stereocenters. The number of hydrogen-bond donors (Lipinski definition) is 0. The minimum absolute atomic E-state index is 0.0625. The summed E-state index contributed by atoms with van der Waals surface area (Å²) in [6.45, 7) is 3.66.